The highest BCUT2D eigenvalue weighted by Gasteiger charge is 2.32. The summed E-state index contributed by atoms with van der Waals surface area (Å²) in [5.41, 5.74) is 0.160. The fourth-order valence-electron chi connectivity index (χ4n) is 2.93. The van der Waals surface area contributed by atoms with Gasteiger partial charge in [0, 0.05) is 18.7 Å². The van der Waals surface area contributed by atoms with Crippen molar-refractivity contribution in [1.82, 2.24) is 10.0 Å². The second kappa shape index (κ2) is 7.04. The summed E-state index contributed by atoms with van der Waals surface area (Å²) < 4.78 is 25.8. The monoisotopic (exact) mass is 356 g/mol. The number of hydrogen-bond donors (Lipinski definition) is 3. The molecule has 0 aromatic heterocycles. The third kappa shape index (κ3) is 4.03. The Labute approximate surface area is 142 Å². The molecule has 1 aromatic carbocycles. The summed E-state index contributed by atoms with van der Waals surface area (Å²) in [5, 5.41) is 17.8. The second-order valence-corrected chi connectivity index (χ2v) is 8.51. The number of sulfonamides is 1. The summed E-state index contributed by atoms with van der Waals surface area (Å²) in [4.78, 5) is 10.6. The number of nitrogens with one attached hydrogen (secondary N) is 3. The number of nitro benzene ring substituents is 1. The normalized spacial score (nSPS) is 20.5. The van der Waals surface area contributed by atoms with Crippen LogP contribution >= 0.6 is 0 Å². The minimum atomic E-state index is -3.72. The number of rotatable bonds is 6. The molecule has 0 bridgehead atoms. The van der Waals surface area contributed by atoms with E-state index in [1.807, 2.05) is 0 Å². The first-order valence-corrected chi connectivity index (χ1v) is 9.35. The summed E-state index contributed by atoms with van der Waals surface area (Å²) in [6.07, 6.45) is 2.20. The van der Waals surface area contributed by atoms with Crippen LogP contribution in [0.3, 0.4) is 0 Å². The van der Waals surface area contributed by atoms with Crippen LogP contribution in [0.1, 0.15) is 26.7 Å². The molecular formula is C15H24N4O4S. The van der Waals surface area contributed by atoms with E-state index in [4.69, 9.17) is 0 Å². The zero-order valence-corrected chi connectivity index (χ0v) is 14.9. The third-order valence-electron chi connectivity index (χ3n) is 4.57. The van der Waals surface area contributed by atoms with Crippen molar-refractivity contribution in [3.8, 4) is 0 Å². The number of anilines is 1. The van der Waals surface area contributed by atoms with E-state index in [2.05, 4.69) is 29.2 Å². The molecule has 3 N–H and O–H groups in total. The molecule has 0 aliphatic carbocycles. The van der Waals surface area contributed by atoms with Crippen LogP contribution in [0.2, 0.25) is 0 Å². The van der Waals surface area contributed by atoms with Crippen molar-refractivity contribution in [2.24, 2.45) is 5.41 Å². The van der Waals surface area contributed by atoms with E-state index < -0.39 is 14.9 Å². The Balaban J connectivity index is 2.22. The molecule has 24 heavy (non-hydrogen) atoms. The lowest BCUT2D eigenvalue weighted by molar-refractivity contribution is -0.384. The van der Waals surface area contributed by atoms with Crippen LogP contribution in [-0.4, -0.2) is 39.5 Å². The molecule has 1 aromatic rings. The van der Waals surface area contributed by atoms with Crippen LogP contribution in [0.5, 0.6) is 0 Å². The summed E-state index contributed by atoms with van der Waals surface area (Å²) >= 11 is 0. The molecule has 1 saturated heterocycles. The number of benzene rings is 1. The summed E-state index contributed by atoms with van der Waals surface area (Å²) in [5.74, 6) is 0. The zero-order valence-electron chi connectivity index (χ0n) is 14.1. The van der Waals surface area contributed by atoms with Crippen molar-refractivity contribution < 1.29 is 13.3 Å². The van der Waals surface area contributed by atoms with Gasteiger partial charge in [-0.15, -0.1) is 0 Å². The van der Waals surface area contributed by atoms with Crippen LogP contribution in [0.4, 0.5) is 11.4 Å². The van der Waals surface area contributed by atoms with Gasteiger partial charge in [-0.2, -0.15) is 0 Å². The van der Waals surface area contributed by atoms with Crippen molar-refractivity contribution in [2.75, 3.05) is 25.5 Å². The van der Waals surface area contributed by atoms with E-state index in [0.717, 1.165) is 25.5 Å². The van der Waals surface area contributed by atoms with Crippen molar-refractivity contribution >= 4 is 21.4 Å². The number of nitro groups is 1. The fourth-order valence-corrected chi connectivity index (χ4v) is 3.68. The Kier molecular flexibility index (Phi) is 5.46. The molecule has 9 heteroatoms. The van der Waals surface area contributed by atoms with Gasteiger partial charge in [0.15, 0.2) is 0 Å². The molecule has 1 unspecified atom stereocenters. The van der Waals surface area contributed by atoms with Gasteiger partial charge in [0.05, 0.1) is 9.82 Å². The zero-order chi connectivity index (χ0) is 18.0. The maximum absolute atomic E-state index is 11.8. The van der Waals surface area contributed by atoms with Crippen LogP contribution in [0, 0.1) is 15.5 Å². The highest BCUT2D eigenvalue weighted by Crippen LogP contribution is 2.32. The van der Waals surface area contributed by atoms with Gasteiger partial charge in [-0.05, 0) is 44.0 Å². The fraction of sp³-hybridized carbons (Fsp3) is 0.600. The summed E-state index contributed by atoms with van der Waals surface area (Å²) in [6.45, 7) is 5.80. The lowest BCUT2D eigenvalue weighted by Crippen LogP contribution is -2.50. The van der Waals surface area contributed by atoms with Crippen LogP contribution in [0.25, 0.3) is 0 Å². The smallest absolute Gasteiger partial charge is 0.293 e. The van der Waals surface area contributed by atoms with Gasteiger partial charge in [0.25, 0.3) is 5.69 Å². The first kappa shape index (κ1) is 18.6. The Morgan fingerprint density at radius 3 is 2.71 bits per heavy atom. The molecule has 1 heterocycles. The largest absolute Gasteiger partial charge is 0.378 e. The van der Waals surface area contributed by atoms with Crippen molar-refractivity contribution in [2.45, 2.75) is 37.6 Å². The quantitative estimate of drug-likeness (QED) is 0.528. The number of hydrogen-bond acceptors (Lipinski definition) is 6. The van der Waals surface area contributed by atoms with Gasteiger partial charge in [-0.1, -0.05) is 13.8 Å². The van der Waals surface area contributed by atoms with E-state index >= 15 is 0 Å². The van der Waals surface area contributed by atoms with Crippen molar-refractivity contribution in [1.29, 1.82) is 0 Å². The van der Waals surface area contributed by atoms with Gasteiger partial charge in [0.1, 0.15) is 5.69 Å². The standard InChI is InChI=1S/C15H24N4O4S/c1-15(2)7-4-8-17-14(15)10-18-12-6-5-11(24(22,23)16-3)9-13(12)19(20)21/h5-6,9,14,16-18H,4,7-8,10H2,1-3H3. The Bertz CT molecular complexity index is 718. The summed E-state index contributed by atoms with van der Waals surface area (Å²) in [6, 6.07) is 4.07. The van der Waals surface area contributed by atoms with Gasteiger partial charge < -0.3 is 10.6 Å². The van der Waals surface area contributed by atoms with E-state index in [-0.39, 0.29) is 22.0 Å². The molecule has 0 amide bonds. The average molecular weight is 356 g/mol. The van der Waals surface area contributed by atoms with Crippen LogP contribution in [-0.2, 0) is 10.0 Å². The molecule has 1 fully saturated rings. The summed E-state index contributed by atoms with van der Waals surface area (Å²) in [7, 11) is -2.45. The van der Waals surface area contributed by atoms with Gasteiger partial charge >= 0.3 is 0 Å². The minimum absolute atomic E-state index is 0.0927. The molecule has 1 aliphatic heterocycles. The van der Waals surface area contributed by atoms with Crippen LogP contribution in [0.15, 0.2) is 23.1 Å². The molecule has 0 spiro atoms. The molecule has 2 rings (SSSR count). The predicted octanol–water partition coefficient (Wildman–Crippen LogP) is 1.69. The Morgan fingerprint density at radius 2 is 2.12 bits per heavy atom. The molecule has 0 saturated carbocycles. The molecule has 8 nitrogen and oxygen atoms in total. The maximum atomic E-state index is 11.8. The van der Waals surface area contributed by atoms with E-state index in [9.17, 15) is 18.5 Å². The molecular weight excluding hydrogens is 332 g/mol. The first-order valence-electron chi connectivity index (χ1n) is 7.86. The highest BCUT2D eigenvalue weighted by atomic mass is 32.2. The SMILES string of the molecule is CNS(=O)(=O)c1ccc(NCC2NCCCC2(C)C)c([N+](=O)[O-])c1. The molecule has 1 atom stereocenters. The topological polar surface area (TPSA) is 113 Å². The third-order valence-corrected chi connectivity index (χ3v) is 5.99. The number of nitrogens with zero attached hydrogens (tertiary/aromatic N) is 1. The Hall–Kier alpha value is -1.71. The molecule has 1 aliphatic rings. The molecule has 0 radical (unpaired) electrons. The van der Waals surface area contributed by atoms with Gasteiger partial charge in [-0.25, -0.2) is 13.1 Å². The lowest BCUT2D eigenvalue weighted by Gasteiger charge is -2.39. The van der Waals surface area contributed by atoms with Gasteiger partial charge in [-0.3, -0.25) is 10.1 Å². The number of piperidine rings is 1. The van der Waals surface area contributed by atoms with Crippen LogP contribution < -0.4 is 15.4 Å². The second-order valence-electron chi connectivity index (χ2n) is 6.62. The first-order chi connectivity index (χ1) is 11.2. The minimum Gasteiger partial charge on any atom is -0.378 e. The van der Waals surface area contributed by atoms with Gasteiger partial charge in [0.2, 0.25) is 10.0 Å². The molecule has 134 valence electrons. The van der Waals surface area contributed by atoms with Crippen molar-refractivity contribution in [3.63, 3.8) is 0 Å². The van der Waals surface area contributed by atoms with E-state index in [1.165, 1.54) is 19.2 Å². The highest BCUT2D eigenvalue weighted by molar-refractivity contribution is 7.89. The van der Waals surface area contributed by atoms with E-state index in [1.54, 1.807) is 0 Å². The predicted molar refractivity (Wildman–Crippen MR) is 92.6 cm³/mol. The lowest BCUT2D eigenvalue weighted by atomic mass is 9.77. The maximum Gasteiger partial charge on any atom is 0.293 e. The Morgan fingerprint density at radius 1 is 1.42 bits per heavy atom. The van der Waals surface area contributed by atoms with Crippen molar-refractivity contribution in [3.05, 3.63) is 28.3 Å². The average Bonchev–Trinajstić information content (AvgIpc) is 2.53. The van der Waals surface area contributed by atoms with E-state index in [0.29, 0.717) is 12.2 Å².